The van der Waals surface area contributed by atoms with Crippen molar-refractivity contribution in [2.75, 3.05) is 7.11 Å². The van der Waals surface area contributed by atoms with Crippen LogP contribution in [0.25, 0.3) is 0 Å². The number of H-pyrrole nitrogens is 2. The molecule has 0 aliphatic rings. The molecule has 0 radical (unpaired) electrons. The summed E-state index contributed by atoms with van der Waals surface area (Å²) in [7, 11) is 1.55. The molecule has 8 heteroatoms. The number of para-hydroxylation sites is 1. The maximum absolute atomic E-state index is 11.8. The first-order chi connectivity index (χ1) is 11.5. The Hall–Kier alpha value is -3.16. The molecule has 0 fully saturated rings. The van der Waals surface area contributed by atoms with E-state index in [2.05, 4.69) is 20.5 Å². The van der Waals surface area contributed by atoms with Crippen LogP contribution < -0.4 is 21.4 Å². The van der Waals surface area contributed by atoms with Crippen molar-refractivity contribution in [3.63, 3.8) is 0 Å². The highest BCUT2D eigenvalue weighted by atomic mass is 16.5. The zero-order valence-corrected chi connectivity index (χ0v) is 13.4. The Bertz CT molecular complexity index is 867. The van der Waals surface area contributed by atoms with Gasteiger partial charge in [-0.05, 0) is 25.5 Å². The Kier molecular flexibility index (Phi) is 5.67. The molecule has 8 nitrogen and oxygen atoms in total. The first-order valence-corrected chi connectivity index (χ1v) is 7.28. The lowest BCUT2D eigenvalue weighted by molar-refractivity contribution is -0.121. The van der Waals surface area contributed by atoms with Crippen molar-refractivity contribution in [3.05, 3.63) is 61.9 Å². The van der Waals surface area contributed by atoms with Crippen LogP contribution >= 0.6 is 0 Å². The Morgan fingerprint density at radius 1 is 1.29 bits per heavy atom. The van der Waals surface area contributed by atoms with Gasteiger partial charge in [-0.25, -0.2) is 10.2 Å². The number of nitrogens with zero attached hydrogens (tertiary/aromatic N) is 1. The van der Waals surface area contributed by atoms with Crippen molar-refractivity contribution >= 4 is 12.1 Å². The van der Waals surface area contributed by atoms with Gasteiger partial charge in [-0.1, -0.05) is 12.1 Å². The Morgan fingerprint density at radius 3 is 2.75 bits per heavy atom. The molecule has 3 N–H and O–H groups in total. The van der Waals surface area contributed by atoms with Crippen LogP contribution in [0.15, 0.2) is 39.0 Å². The standard InChI is InChI=1S/C16H18N4O4/c1-10-12(15(22)19-16(23)18-10)7-8-14(21)20-17-9-11-5-3-4-6-13(11)24-2/h3-6,9H,7-8H2,1-2H3,(H,20,21)(H2,18,19,22,23)/b17-9+. The summed E-state index contributed by atoms with van der Waals surface area (Å²) < 4.78 is 5.17. The van der Waals surface area contributed by atoms with Gasteiger partial charge in [0.05, 0.1) is 13.3 Å². The number of hydrazone groups is 1. The molecular formula is C16H18N4O4. The van der Waals surface area contributed by atoms with E-state index in [0.29, 0.717) is 17.0 Å². The highest BCUT2D eigenvalue weighted by molar-refractivity contribution is 5.85. The fraction of sp³-hybridized carbons (Fsp3) is 0.250. The lowest BCUT2D eigenvalue weighted by atomic mass is 10.1. The lowest BCUT2D eigenvalue weighted by Gasteiger charge is -2.04. The van der Waals surface area contributed by atoms with Crippen molar-refractivity contribution in [1.82, 2.24) is 15.4 Å². The molecule has 0 bridgehead atoms. The van der Waals surface area contributed by atoms with E-state index in [1.54, 1.807) is 26.2 Å². The number of hydrogen-bond acceptors (Lipinski definition) is 5. The van der Waals surface area contributed by atoms with E-state index < -0.39 is 11.2 Å². The minimum absolute atomic E-state index is 0.0687. The van der Waals surface area contributed by atoms with Gasteiger partial charge in [0.15, 0.2) is 0 Å². The highest BCUT2D eigenvalue weighted by Crippen LogP contribution is 2.14. The van der Waals surface area contributed by atoms with Crippen LogP contribution in [0.2, 0.25) is 0 Å². The lowest BCUT2D eigenvalue weighted by Crippen LogP contribution is -2.28. The summed E-state index contributed by atoms with van der Waals surface area (Å²) in [4.78, 5) is 39.2. The van der Waals surface area contributed by atoms with Gasteiger partial charge in [-0.2, -0.15) is 5.10 Å². The number of rotatable bonds is 6. The molecule has 2 rings (SSSR count). The predicted octanol–water partition coefficient (Wildman–Crippen LogP) is 0.463. The molecule has 1 heterocycles. The smallest absolute Gasteiger partial charge is 0.325 e. The fourth-order valence-electron chi connectivity index (χ4n) is 2.17. The number of benzene rings is 1. The van der Waals surface area contributed by atoms with E-state index in [9.17, 15) is 14.4 Å². The number of aryl methyl sites for hydroxylation is 1. The largest absolute Gasteiger partial charge is 0.496 e. The molecule has 0 spiro atoms. The van der Waals surface area contributed by atoms with Gasteiger partial charge in [0.2, 0.25) is 5.91 Å². The third-order valence-electron chi connectivity index (χ3n) is 3.39. The second kappa shape index (κ2) is 7.91. The van der Waals surface area contributed by atoms with E-state index in [0.717, 1.165) is 5.56 Å². The summed E-state index contributed by atoms with van der Waals surface area (Å²) in [5, 5.41) is 3.87. The van der Waals surface area contributed by atoms with Gasteiger partial charge in [0, 0.05) is 23.2 Å². The van der Waals surface area contributed by atoms with Crippen LogP contribution in [0.1, 0.15) is 23.2 Å². The summed E-state index contributed by atoms with van der Waals surface area (Å²) in [6, 6.07) is 7.25. The average Bonchev–Trinajstić information content (AvgIpc) is 2.54. The van der Waals surface area contributed by atoms with Crippen LogP contribution in [0.5, 0.6) is 5.75 Å². The molecule has 0 aliphatic heterocycles. The van der Waals surface area contributed by atoms with Gasteiger partial charge in [-0.15, -0.1) is 0 Å². The topological polar surface area (TPSA) is 116 Å². The summed E-state index contributed by atoms with van der Waals surface area (Å²) in [6.45, 7) is 1.61. The molecule has 0 saturated heterocycles. The molecule has 1 amide bonds. The number of carbonyl (C=O) groups excluding carboxylic acids is 1. The summed E-state index contributed by atoms with van der Waals surface area (Å²) in [5.74, 6) is 0.303. The van der Waals surface area contributed by atoms with Crippen molar-refractivity contribution in [3.8, 4) is 5.75 Å². The molecule has 0 saturated carbocycles. The first kappa shape index (κ1) is 17.2. The number of carbonyl (C=O) groups is 1. The van der Waals surface area contributed by atoms with Gasteiger partial charge in [0.25, 0.3) is 5.56 Å². The quantitative estimate of drug-likeness (QED) is 0.527. The highest BCUT2D eigenvalue weighted by Gasteiger charge is 2.08. The monoisotopic (exact) mass is 330 g/mol. The molecule has 0 atom stereocenters. The van der Waals surface area contributed by atoms with Crippen LogP contribution in [0.3, 0.4) is 0 Å². The van der Waals surface area contributed by atoms with Gasteiger partial charge in [-0.3, -0.25) is 14.6 Å². The Labute approximate surface area is 137 Å². The van der Waals surface area contributed by atoms with Crippen LogP contribution in [0.4, 0.5) is 0 Å². The normalized spacial score (nSPS) is 10.8. The van der Waals surface area contributed by atoms with E-state index in [1.807, 2.05) is 12.1 Å². The second-order valence-electron chi connectivity index (χ2n) is 5.05. The Morgan fingerprint density at radius 2 is 2.04 bits per heavy atom. The van der Waals surface area contributed by atoms with E-state index in [4.69, 9.17) is 4.74 Å². The molecule has 2 aromatic rings. The van der Waals surface area contributed by atoms with Crippen LogP contribution in [-0.4, -0.2) is 29.2 Å². The van der Waals surface area contributed by atoms with Crippen molar-refractivity contribution in [2.45, 2.75) is 19.8 Å². The SMILES string of the molecule is COc1ccccc1/C=N/NC(=O)CCc1c(C)[nH]c(=O)[nH]c1=O. The minimum atomic E-state index is -0.563. The van der Waals surface area contributed by atoms with Gasteiger partial charge in [0.1, 0.15) is 5.75 Å². The molecule has 126 valence electrons. The zero-order chi connectivity index (χ0) is 17.5. The summed E-state index contributed by atoms with van der Waals surface area (Å²) in [5.41, 5.74) is 2.90. The van der Waals surface area contributed by atoms with Crippen molar-refractivity contribution in [1.29, 1.82) is 0 Å². The van der Waals surface area contributed by atoms with Gasteiger partial charge >= 0.3 is 5.69 Å². The number of aromatic nitrogens is 2. The Balaban J connectivity index is 1.94. The number of ether oxygens (including phenoxy) is 1. The maximum Gasteiger partial charge on any atom is 0.325 e. The predicted molar refractivity (Wildman–Crippen MR) is 89.5 cm³/mol. The summed E-state index contributed by atoms with van der Waals surface area (Å²) >= 11 is 0. The van der Waals surface area contributed by atoms with Crippen LogP contribution in [0, 0.1) is 6.92 Å². The number of methoxy groups -OCH3 is 1. The molecule has 24 heavy (non-hydrogen) atoms. The minimum Gasteiger partial charge on any atom is -0.496 e. The van der Waals surface area contributed by atoms with Crippen LogP contribution in [-0.2, 0) is 11.2 Å². The molecule has 1 aromatic carbocycles. The second-order valence-corrected chi connectivity index (χ2v) is 5.05. The zero-order valence-electron chi connectivity index (χ0n) is 13.4. The summed E-state index contributed by atoms with van der Waals surface area (Å²) in [6.07, 6.45) is 1.75. The molecular weight excluding hydrogens is 312 g/mol. The molecule has 1 aromatic heterocycles. The van der Waals surface area contributed by atoms with E-state index in [-0.39, 0.29) is 18.7 Å². The van der Waals surface area contributed by atoms with Crippen molar-refractivity contribution < 1.29 is 9.53 Å². The molecule has 0 aliphatic carbocycles. The van der Waals surface area contributed by atoms with Gasteiger partial charge < -0.3 is 9.72 Å². The third kappa shape index (κ3) is 4.42. The maximum atomic E-state index is 11.8. The first-order valence-electron chi connectivity index (χ1n) is 7.28. The fourth-order valence-corrected chi connectivity index (χ4v) is 2.17. The van der Waals surface area contributed by atoms with E-state index >= 15 is 0 Å². The molecule has 0 unspecified atom stereocenters. The number of hydrogen-bond donors (Lipinski definition) is 3. The third-order valence-corrected chi connectivity index (χ3v) is 3.39. The van der Waals surface area contributed by atoms with E-state index in [1.165, 1.54) is 6.21 Å². The van der Waals surface area contributed by atoms with Crippen molar-refractivity contribution in [2.24, 2.45) is 5.10 Å². The number of amides is 1. The number of aromatic amines is 2. The number of nitrogens with one attached hydrogen (secondary N) is 3. The average molecular weight is 330 g/mol.